The third-order valence-corrected chi connectivity index (χ3v) is 7.25. The van der Waals surface area contributed by atoms with Crippen LogP contribution in [0.5, 0.6) is 0 Å². The lowest BCUT2D eigenvalue weighted by Crippen LogP contribution is -2.44. The van der Waals surface area contributed by atoms with Gasteiger partial charge in [-0.3, -0.25) is 14.4 Å². The van der Waals surface area contributed by atoms with Crippen molar-refractivity contribution in [3.8, 4) is 0 Å². The first-order valence-corrected chi connectivity index (χ1v) is 12.6. The fourth-order valence-electron chi connectivity index (χ4n) is 3.71. The van der Waals surface area contributed by atoms with Crippen LogP contribution in [0.1, 0.15) is 69.9 Å². The summed E-state index contributed by atoms with van der Waals surface area (Å²) in [5.74, 6) is -0.273. The molecule has 1 aromatic heterocycles. The van der Waals surface area contributed by atoms with Crippen LogP contribution in [-0.2, 0) is 20.8 Å². The Morgan fingerprint density at radius 2 is 1.94 bits per heavy atom. The number of fused-ring (bicyclic) bond motifs is 1. The van der Waals surface area contributed by atoms with E-state index in [2.05, 4.69) is 57.0 Å². The van der Waals surface area contributed by atoms with Gasteiger partial charge in [0.05, 0.1) is 21.1 Å². The molecule has 0 aliphatic rings. The Bertz CT molecular complexity index is 982. The Morgan fingerprint density at radius 3 is 2.55 bits per heavy atom. The summed E-state index contributed by atoms with van der Waals surface area (Å²) in [4.78, 5) is 41.9. The van der Waals surface area contributed by atoms with E-state index in [1.54, 1.807) is 18.4 Å². The second-order valence-corrected chi connectivity index (χ2v) is 10.1. The van der Waals surface area contributed by atoms with Crippen molar-refractivity contribution in [3.63, 3.8) is 0 Å². The highest BCUT2D eigenvalue weighted by Gasteiger charge is 2.27. The highest BCUT2D eigenvalue weighted by molar-refractivity contribution is 7.18. The number of allylic oxidation sites excluding steroid dienone is 1. The van der Waals surface area contributed by atoms with Gasteiger partial charge in [0.1, 0.15) is 0 Å². The number of nitrogens with zero attached hydrogens (tertiary/aromatic N) is 1. The van der Waals surface area contributed by atoms with Crippen LogP contribution in [-0.4, -0.2) is 35.7 Å². The molecule has 2 amide bonds. The SMILES string of the molecule is C=CC(=O)CC[C@@H](NC(=O)[C@@H](CC(=O)NC)Cc1nc2ccc(C(C)C)cc2s1)[C@@H](C)CC. The molecule has 1 heterocycles. The molecule has 2 rings (SSSR count). The molecular weight excluding hydrogens is 434 g/mol. The average Bonchev–Trinajstić information content (AvgIpc) is 3.21. The first-order valence-electron chi connectivity index (χ1n) is 11.7. The van der Waals surface area contributed by atoms with Crippen molar-refractivity contribution >= 4 is 39.2 Å². The molecule has 6 nitrogen and oxygen atoms in total. The van der Waals surface area contributed by atoms with Gasteiger partial charge in [-0.15, -0.1) is 11.3 Å². The van der Waals surface area contributed by atoms with Gasteiger partial charge in [-0.25, -0.2) is 4.98 Å². The summed E-state index contributed by atoms with van der Waals surface area (Å²) in [5, 5.41) is 6.60. The molecule has 0 aliphatic carbocycles. The number of benzene rings is 1. The summed E-state index contributed by atoms with van der Waals surface area (Å²) in [7, 11) is 1.57. The van der Waals surface area contributed by atoms with E-state index >= 15 is 0 Å². The smallest absolute Gasteiger partial charge is 0.224 e. The van der Waals surface area contributed by atoms with Crippen molar-refractivity contribution in [1.82, 2.24) is 15.6 Å². The van der Waals surface area contributed by atoms with Crippen molar-refractivity contribution in [2.24, 2.45) is 11.8 Å². The minimum atomic E-state index is -0.531. The van der Waals surface area contributed by atoms with E-state index in [1.807, 2.05) is 6.07 Å². The number of amides is 2. The van der Waals surface area contributed by atoms with Crippen LogP contribution in [0.2, 0.25) is 0 Å². The molecule has 7 heteroatoms. The molecule has 0 spiro atoms. The molecule has 2 aromatic rings. The summed E-state index contributed by atoms with van der Waals surface area (Å²) in [6, 6.07) is 6.13. The summed E-state index contributed by atoms with van der Waals surface area (Å²) in [6.07, 6.45) is 3.58. The minimum Gasteiger partial charge on any atom is -0.359 e. The quantitative estimate of drug-likeness (QED) is 0.412. The Labute approximate surface area is 201 Å². The molecule has 33 heavy (non-hydrogen) atoms. The highest BCUT2D eigenvalue weighted by atomic mass is 32.1. The number of rotatable bonds is 13. The van der Waals surface area contributed by atoms with Crippen molar-refractivity contribution < 1.29 is 14.4 Å². The molecule has 0 saturated carbocycles. The van der Waals surface area contributed by atoms with E-state index in [-0.39, 0.29) is 36.0 Å². The zero-order valence-electron chi connectivity index (χ0n) is 20.4. The average molecular weight is 472 g/mol. The number of ketones is 1. The molecule has 0 unspecified atom stereocenters. The molecule has 0 saturated heterocycles. The third kappa shape index (κ3) is 7.77. The summed E-state index contributed by atoms with van der Waals surface area (Å²) in [5.41, 5.74) is 2.17. The lowest BCUT2D eigenvalue weighted by Gasteiger charge is -2.26. The highest BCUT2D eigenvalue weighted by Crippen LogP contribution is 2.28. The minimum absolute atomic E-state index is 0.0327. The van der Waals surface area contributed by atoms with E-state index < -0.39 is 5.92 Å². The van der Waals surface area contributed by atoms with Gasteiger partial charge in [-0.05, 0) is 42.0 Å². The van der Waals surface area contributed by atoms with E-state index in [0.29, 0.717) is 25.2 Å². The normalized spacial score (nSPS) is 14.0. The summed E-state index contributed by atoms with van der Waals surface area (Å²) in [6.45, 7) is 12.0. The van der Waals surface area contributed by atoms with E-state index in [4.69, 9.17) is 4.98 Å². The second kappa shape index (κ2) is 12.6. The van der Waals surface area contributed by atoms with Crippen LogP contribution in [0.4, 0.5) is 0 Å². The molecule has 3 atom stereocenters. The van der Waals surface area contributed by atoms with E-state index in [1.165, 1.54) is 11.6 Å². The molecule has 0 fully saturated rings. The fraction of sp³-hybridized carbons (Fsp3) is 0.538. The maximum absolute atomic E-state index is 13.3. The molecular formula is C26H37N3O3S. The zero-order chi connectivity index (χ0) is 24.5. The van der Waals surface area contributed by atoms with Crippen LogP contribution < -0.4 is 10.6 Å². The van der Waals surface area contributed by atoms with Crippen molar-refractivity contribution in [2.45, 2.75) is 71.8 Å². The van der Waals surface area contributed by atoms with Crippen LogP contribution in [0.3, 0.4) is 0 Å². The van der Waals surface area contributed by atoms with Gasteiger partial charge in [-0.1, -0.05) is 46.8 Å². The van der Waals surface area contributed by atoms with Gasteiger partial charge in [0.15, 0.2) is 5.78 Å². The van der Waals surface area contributed by atoms with Crippen molar-refractivity contribution in [3.05, 3.63) is 41.4 Å². The molecule has 180 valence electrons. The molecule has 0 aliphatic heterocycles. The molecule has 1 aromatic carbocycles. The Balaban J connectivity index is 2.22. The van der Waals surface area contributed by atoms with Crippen molar-refractivity contribution in [1.29, 1.82) is 0 Å². The first-order chi connectivity index (χ1) is 15.7. The third-order valence-electron chi connectivity index (χ3n) is 6.21. The lowest BCUT2D eigenvalue weighted by molar-refractivity contribution is -0.131. The second-order valence-electron chi connectivity index (χ2n) is 8.98. The Kier molecular flexibility index (Phi) is 10.2. The van der Waals surface area contributed by atoms with Gasteiger partial charge in [0, 0.05) is 32.4 Å². The van der Waals surface area contributed by atoms with Crippen LogP contribution >= 0.6 is 11.3 Å². The topological polar surface area (TPSA) is 88.2 Å². The number of hydrogen-bond donors (Lipinski definition) is 2. The number of carbonyl (C=O) groups excluding carboxylic acids is 3. The standard InChI is InChI=1S/C26H37N3O3S/c1-7-17(5)21(12-10-20(30)8-2)29-26(32)19(14-24(31)27-6)15-25-28-22-11-9-18(16(3)4)13-23(22)33-25/h8-9,11,13,16-17,19,21H,2,7,10,12,14-15H2,1,3-6H3,(H,27,31)(H,29,32)/t17-,19-,21+/m0/s1. The van der Waals surface area contributed by atoms with Gasteiger partial charge in [0.2, 0.25) is 11.8 Å². The first kappa shape index (κ1) is 26.7. The fourth-order valence-corrected chi connectivity index (χ4v) is 4.81. The monoisotopic (exact) mass is 471 g/mol. The van der Waals surface area contributed by atoms with E-state index in [0.717, 1.165) is 21.6 Å². The van der Waals surface area contributed by atoms with Gasteiger partial charge < -0.3 is 10.6 Å². The Hall–Kier alpha value is -2.54. The predicted octanol–water partition coefficient (Wildman–Crippen LogP) is 4.78. The molecule has 0 radical (unpaired) electrons. The lowest BCUT2D eigenvalue weighted by atomic mass is 9.92. The number of nitrogens with one attached hydrogen (secondary N) is 2. The maximum atomic E-state index is 13.3. The zero-order valence-corrected chi connectivity index (χ0v) is 21.3. The van der Waals surface area contributed by atoms with Gasteiger partial charge in [-0.2, -0.15) is 0 Å². The molecule has 0 bridgehead atoms. The van der Waals surface area contributed by atoms with Crippen LogP contribution in [0, 0.1) is 11.8 Å². The number of thiazole rings is 1. The summed E-state index contributed by atoms with van der Waals surface area (Å²) >= 11 is 1.58. The van der Waals surface area contributed by atoms with Crippen LogP contribution in [0.15, 0.2) is 30.9 Å². The number of carbonyl (C=O) groups is 3. The predicted molar refractivity (Wildman–Crippen MR) is 135 cm³/mol. The van der Waals surface area contributed by atoms with Crippen molar-refractivity contribution in [2.75, 3.05) is 7.05 Å². The number of hydrogen-bond acceptors (Lipinski definition) is 5. The maximum Gasteiger partial charge on any atom is 0.224 e. The van der Waals surface area contributed by atoms with E-state index in [9.17, 15) is 14.4 Å². The van der Waals surface area contributed by atoms with Gasteiger partial charge >= 0.3 is 0 Å². The van der Waals surface area contributed by atoms with Crippen LogP contribution in [0.25, 0.3) is 10.2 Å². The number of aromatic nitrogens is 1. The Morgan fingerprint density at radius 1 is 1.21 bits per heavy atom. The van der Waals surface area contributed by atoms with Gasteiger partial charge in [0.25, 0.3) is 0 Å². The molecule has 2 N–H and O–H groups in total. The summed E-state index contributed by atoms with van der Waals surface area (Å²) < 4.78 is 1.09. The largest absolute Gasteiger partial charge is 0.359 e.